The van der Waals surface area contributed by atoms with Gasteiger partial charge in [0.2, 0.25) is 10.0 Å². The third-order valence-electron chi connectivity index (χ3n) is 2.36. The highest BCUT2D eigenvalue weighted by Gasteiger charge is 2.14. The van der Waals surface area contributed by atoms with E-state index in [1.165, 1.54) is 0 Å². The molecule has 2 N–H and O–H groups in total. The van der Waals surface area contributed by atoms with Gasteiger partial charge in [0, 0.05) is 31.7 Å². The number of aromatic nitrogens is 3. The van der Waals surface area contributed by atoms with Crippen LogP contribution in [0.2, 0.25) is 5.02 Å². The largest absolute Gasteiger partial charge is 0.336 e. The fourth-order valence-electron chi connectivity index (χ4n) is 1.40. The van der Waals surface area contributed by atoms with Gasteiger partial charge in [0.15, 0.2) is 0 Å². The summed E-state index contributed by atoms with van der Waals surface area (Å²) >= 11 is 5.59. The zero-order chi connectivity index (χ0) is 13.9. The summed E-state index contributed by atoms with van der Waals surface area (Å²) < 4.78 is 28.0. The second kappa shape index (κ2) is 5.55. The van der Waals surface area contributed by atoms with E-state index in [9.17, 15) is 13.2 Å². The number of halogens is 1. The molecule has 7 nitrogen and oxygen atoms in total. The lowest BCUT2D eigenvalue weighted by Crippen LogP contribution is -2.27. The van der Waals surface area contributed by atoms with Crippen LogP contribution in [0.4, 0.5) is 0 Å². The Labute approximate surface area is 114 Å². The molecule has 0 spiro atoms. The first kappa shape index (κ1) is 13.8. The van der Waals surface area contributed by atoms with Crippen LogP contribution in [0, 0.1) is 0 Å². The number of nitrogens with one attached hydrogen (secondary N) is 2. The van der Waals surface area contributed by atoms with Crippen molar-refractivity contribution in [3.05, 3.63) is 46.4 Å². The molecule has 0 bridgehead atoms. The van der Waals surface area contributed by atoms with Crippen LogP contribution in [0.25, 0.3) is 0 Å². The van der Waals surface area contributed by atoms with Crippen LogP contribution in [0.3, 0.4) is 0 Å². The first-order chi connectivity index (χ1) is 8.99. The monoisotopic (exact) mass is 302 g/mol. The van der Waals surface area contributed by atoms with Gasteiger partial charge in [-0.15, -0.1) is 0 Å². The minimum atomic E-state index is -3.69. The number of sulfonamides is 1. The number of hydrogen-bond acceptors (Lipinski definition) is 4. The summed E-state index contributed by atoms with van der Waals surface area (Å²) in [6, 6.07) is 1.11. The zero-order valence-electron chi connectivity index (χ0n) is 9.71. The third kappa shape index (κ3) is 3.43. The van der Waals surface area contributed by atoms with Crippen molar-refractivity contribution < 1.29 is 8.42 Å². The number of rotatable bonds is 5. The Balaban J connectivity index is 2.05. The standard InChI is InChI=1S/C10H11ClN4O3S/c11-9-5-8(6-13-10(9)16)19(17,18)14-2-4-15-3-1-12-7-15/h1,3,5-7,14H,2,4H2,(H,13,16). The van der Waals surface area contributed by atoms with E-state index in [1.54, 1.807) is 23.3 Å². The van der Waals surface area contributed by atoms with Gasteiger partial charge in [-0.3, -0.25) is 4.79 Å². The van der Waals surface area contributed by atoms with E-state index in [1.807, 2.05) is 0 Å². The van der Waals surface area contributed by atoms with Gasteiger partial charge in [-0.1, -0.05) is 11.6 Å². The van der Waals surface area contributed by atoms with E-state index in [2.05, 4.69) is 14.7 Å². The van der Waals surface area contributed by atoms with E-state index in [0.29, 0.717) is 6.54 Å². The van der Waals surface area contributed by atoms with Gasteiger partial charge in [0.05, 0.1) is 11.2 Å². The van der Waals surface area contributed by atoms with Crippen LogP contribution in [0.5, 0.6) is 0 Å². The molecule has 0 atom stereocenters. The second-order valence-electron chi connectivity index (χ2n) is 3.71. The molecule has 0 aliphatic heterocycles. The molecule has 0 aliphatic rings. The van der Waals surface area contributed by atoms with E-state index in [4.69, 9.17) is 11.6 Å². The van der Waals surface area contributed by atoms with Gasteiger partial charge in [-0.2, -0.15) is 0 Å². The van der Waals surface area contributed by atoms with Crippen molar-refractivity contribution in [1.82, 2.24) is 19.3 Å². The Bertz CT molecular complexity index is 709. The predicted octanol–water partition coefficient (Wildman–Crippen LogP) is 0.203. The van der Waals surface area contributed by atoms with Crippen molar-refractivity contribution in [2.24, 2.45) is 0 Å². The van der Waals surface area contributed by atoms with Crippen molar-refractivity contribution in [2.75, 3.05) is 6.54 Å². The summed E-state index contributed by atoms with van der Waals surface area (Å²) in [7, 11) is -3.69. The van der Waals surface area contributed by atoms with E-state index in [0.717, 1.165) is 12.3 Å². The SMILES string of the molecule is O=c1[nH]cc(S(=O)(=O)NCCn2ccnc2)cc1Cl. The molecule has 0 saturated carbocycles. The third-order valence-corrected chi connectivity index (χ3v) is 4.08. The summed E-state index contributed by atoms with van der Waals surface area (Å²) in [6.45, 7) is 0.658. The lowest BCUT2D eigenvalue weighted by atomic mass is 10.5. The Morgan fingerprint density at radius 1 is 1.47 bits per heavy atom. The number of hydrogen-bond donors (Lipinski definition) is 2. The number of nitrogens with zero attached hydrogens (tertiary/aromatic N) is 2. The maximum Gasteiger partial charge on any atom is 0.266 e. The van der Waals surface area contributed by atoms with E-state index >= 15 is 0 Å². The van der Waals surface area contributed by atoms with Gasteiger partial charge in [0.25, 0.3) is 5.56 Å². The normalized spacial score (nSPS) is 11.6. The van der Waals surface area contributed by atoms with Gasteiger partial charge >= 0.3 is 0 Å². The zero-order valence-corrected chi connectivity index (χ0v) is 11.3. The van der Waals surface area contributed by atoms with Crippen LogP contribution >= 0.6 is 11.6 Å². The number of imidazole rings is 1. The fraction of sp³-hybridized carbons (Fsp3) is 0.200. The lowest BCUT2D eigenvalue weighted by Gasteiger charge is -2.07. The fourth-order valence-corrected chi connectivity index (χ4v) is 2.65. The molecule has 0 amide bonds. The average molecular weight is 303 g/mol. The molecule has 2 rings (SSSR count). The molecule has 19 heavy (non-hydrogen) atoms. The molecular formula is C10H11ClN4O3S. The topological polar surface area (TPSA) is 96.9 Å². The molecule has 0 unspecified atom stereocenters. The Morgan fingerprint density at radius 3 is 2.89 bits per heavy atom. The Kier molecular flexibility index (Phi) is 4.03. The molecule has 102 valence electrons. The maximum atomic E-state index is 11.9. The molecular weight excluding hydrogens is 292 g/mol. The van der Waals surface area contributed by atoms with Gasteiger partial charge in [0.1, 0.15) is 5.02 Å². The highest BCUT2D eigenvalue weighted by atomic mass is 35.5. The molecule has 0 radical (unpaired) electrons. The predicted molar refractivity (Wildman–Crippen MR) is 69.5 cm³/mol. The Morgan fingerprint density at radius 2 is 2.26 bits per heavy atom. The van der Waals surface area contributed by atoms with Crippen LogP contribution in [-0.2, 0) is 16.6 Å². The lowest BCUT2D eigenvalue weighted by molar-refractivity contribution is 0.572. The first-order valence-electron chi connectivity index (χ1n) is 5.33. The van der Waals surface area contributed by atoms with Crippen molar-refractivity contribution in [2.45, 2.75) is 11.4 Å². The number of pyridine rings is 1. The molecule has 0 aromatic carbocycles. The number of aromatic amines is 1. The maximum absolute atomic E-state index is 11.9. The molecule has 0 fully saturated rings. The van der Waals surface area contributed by atoms with Crippen LogP contribution < -0.4 is 10.3 Å². The number of H-pyrrole nitrogens is 1. The Hall–Kier alpha value is -1.64. The van der Waals surface area contributed by atoms with Crippen LogP contribution in [-0.4, -0.2) is 29.5 Å². The molecule has 2 aromatic heterocycles. The van der Waals surface area contributed by atoms with Crippen molar-refractivity contribution >= 4 is 21.6 Å². The smallest absolute Gasteiger partial charge is 0.266 e. The van der Waals surface area contributed by atoms with E-state index < -0.39 is 15.6 Å². The molecule has 0 aliphatic carbocycles. The first-order valence-corrected chi connectivity index (χ1v) is 7.19. The average Bonchev–Trinajstić information content (AvgIpc) is 2.85. The van der Waals surface area contributed by atoms with Crippen molar-refractivity contribution in [3.63, 3.8) is 0 Å². The van der Waals surface area contributed by atoms with Gasteiger partial charge < -0.3 is 9.55 Å². The highest BCUT2D eigenvalue weighted by Crippen LogP contribution is 2.09. The molecule has 0 saturated heterocycles. The summed E-state index contributed by atoms with van der Waals surface area (Å²) in [5.41, 5.74) is -0.529. The second-order valence-corrected chi connectivity index (χ2v) is 5.88. The summed E-state index contributed by atoms with van der Waals surface area (Å²) in [5.74, 6) is 0. The highest BCUT2D eigenvalue weighted by molar-refractivity contribution is 7.89. The summed E-state index contributed by atoms with van der Waals surface area (Å²) in [6.07, 6.45) is 6.03. The molecule has 2 aromatic rings. The van der Waals surface area contributed by atoms with Gasteiger partial charge in [-0.25, -0.2) is 18.1 Å². The molecule has 9 heteroatoms. The summed E-state index contributed by atoms with van der Waals surface area (Å²) in [4.78, 5) is 17.1. The minimum absolute atomic E-state index is 0.0808. The van der Waals surface area contributed by atoms with E-state index in [-0.39, 0.29) is 16.5 Å². The summed E-state index contributed by atoms with van der Waals surface area (Å²) in [5, 5.41) is -0.169. The van der Waals surface area contributed by atoms with Crippen LogP contribution in [0.15, 0.2) is 40.7 Å². The minimum Gasteiger partial charge on any atom is -0.336 e. The van der Waals surface area contributed by atoms with Crippen molar-refractivity contribution in [3.8, 4) is 0 Å². The quantitative estimate of drug-likeness (QED) is 0.824. The van der Waals surface area contributed by atoms with Crippen LogP contribution in [0.1, 0.15) is 0 Å². The van der Waals surface area contributed by atoms with Gasteiger partial charge in [-0.05, 0) is 6.07 Å². The molecule has 2 heterocycles. The van der Waals surface area contributed by atoms with Crippen molar-refractivity contribution in [1.29, 1.82) is 0 Å².